The average Bonchev–Trinajstić information content (AvgIpc) is 2.50. The minimum Gasteiger partial charge on any atom is -0.477 e. The highest BCUT2D eigenvalue weighted by atomic mass is 16.5. The number of pyridine rings is 1. The van der Waals surface area contributed by atoms with Crippen molar-refractivity contribution < 1.29 is 4.74 Å². The van der Waals surface area contributed by atoms with Gasteiger partial charge < -0.3 is 4.74 Å². The lowest BCUT2D eigenvalue weighted by Crippen LogP contribution is -1.93. The summed E-state index contributed by atoms with van der Waals surface area (Å²) < 4.78 is 5.41. The van der Waals surface area contributed by atoms with E-state index in [1.807, 2.05) is 6.92 Å². The van der Waals surface area contributed by atoms with Gasteiger partial charge >= 0.3 is 0 Å². The summed E-state index contributed by atoms with van der Waals surface area (Å²) in [7, 11) is 0. The number of aromatic nitrogens is 1. The van der Waals surface area contributed by atoms with Crippen LogP contribution in [0.4, 0.5) is 0 Å². The normalized spacial score (nSPS) is 14.2. The van der Waals surface area contributed by atoms with E-state index in [-0.39, 0.29) is 0 Å². The first kappa shape index (κ1) is 7.59. The van der Waals surface area contributed by atoms with Gasteiger partial charge in [0.1, 0.15) is 0 Å². The molecule has 0 saturated heterocycles. The molecule has 2 nitrogen and oxygen atoms in total. The summed E-state index contributed by atoms with van der Waals surface area (Å²) in [6.45, 7) is 4.99. The fraction of sp³-hybridized carbons (Fsp3) is 0.500. The largest absolute Gasteiger partial charge is 0.477 e. The minimum absolute atomic E-state index is 0.804. The van der Waals surface area contributed by atoms with Crippen molar-refractivity contribution in [1.29, 1.82) is 0 Å². The molecule has 0 fully saturated rings. The Labute approximate surface area is 72.6 Å². The van der Waals surface area contributed by atoms with E-state index in [1.54, 1.807) is 0 Å². The second-order valence-corrected chi connectivity index (χ2v) is 3.16. The van der Waals surface area contributed by atoms with Gasteiger partial charge in [0.15, 0.2) is 0 Å². The number of rotatable bonds is 1. The third kappa shape index (κ3) is 1.07. The van der Waals surface area contributed by atoms with Gasteiger partial charge in [0.2, 0.25) is 5.88 Å². The molecular weight excluding hydrogens is 150 g/mol. The standard InChI is InChI=1S/C10H13NO/c1-3-8-6-7(2)11-10-9(8)4-5-12-10/h6H,3-5H2,1-2H3. The monoisotopic (exact) mass is 163 g/mol. The lowest BCUT2D eigenvalue weighted by molar-refractivity contribution is 0.344. The summed E-state index contributed by atoms with van der Waals surface area (Å²) in [5.41, 5.74) is 3.78. The third-order valence-electron chi connectivity index (χ3n) is 2.28. The van der Waals surface area contributed by atoms with Gasteiger partial charge in [0.25, 0.3) is 0 Å². The molecule has 1 aliphatic heterocycles. The minimum atomic E-state index is 0.804. The van der Waals surface area contributed by atoms with Crippen LogP contribution in [0.25, 0.3) is 0 Å². The van der Waals surface area contributed by atoms with Gasteiger partial charge in [-0.1, -0.05) is 6.92 Å². The van der Waals surface area contributed by atoms with E-state index in [2.05, 4.69) is 18.0 Å². The van der Waals surface area contributed by atoms with Crippen LogP contribution < -0.4 is 4.74 Å². The second-order valence-electron chi connectivity index (χ2n) is 3.16. The molecule has 0 N–H and O–H groups in total. The molecule has 1 aliphatic rings. The molecule has 0 unspecified atom stereocenters. The lowest BCUT2D eigenvalue weighted by Gasteiger charge is -2.04. The van der Waals surface area contributed by atoms with E-state index < -0.39 is 0 Å². The Hall–Kier alpha value is -1.05. The summed E-state index contributed by atoms with van der Waals surface area (Å²) in [5.74, 6) is 0.867. The first-order chi connectivity index (χ1) is 5.81. The van der Waals surface area contributed by atoms with Crippen LogP contribution in [0.3, 0.4) is 0 Å². The summed E-state index contributed by atoms with van der Waals surface area (Å²) >= 11 is 0. The fourth-order valence-corrected chi connectivity index (χ4v) is 1.69. The van der Waals surface area contributed by atoms with E-state index >= 15 is 0 Å². The predicted octanol–water partition coefficient (Wildman–Crippen LogP) is 1.89. The van der Waals surface area contributed by atoms with Gasteiger partial charge in [0, 0.05) is 17.7 Å². The van der Waals surface area contributed by atoms with Crippen LogP contribution >= 0.6 is 0 Å². The van der Waals surface area contributed by atoms with Crippen molar-refractivity contribution in [3.8, 4) is 5.88 Å². The zero-order valence-electron chi connectivity index (χ0n) is 7.55. The van der Waals surface area contributed by atoms with Crippen LogP contribution in [0.5, 0.6) is 5.88 Å². The molecule has 0 spiro atoms. The maximum absolute atomic E-state index is 5.41. The molecule has 1 aromatic rings. The SMILES string of the molecule is CCc1cc(C)nc2c1CCO2. The Morgan fingerprint density at radius 3 is 3.17 bits per heavy atom. The van der Waals surface area contributed by atoms with Crippen LogP contribution in [0.15, 0.2) is 6.07 Å². The Kier molecular flexibility index (Phi) is 1.75. The van der Waals surface area contributed by atoms with Gasteiger partial charge in [0.05, 0.1) is 6.61 Å². The van der Waals surface area contributed by atoms with Gasteiger partial charge in [-0.05, 0) is 25.0 Å². The number of ether oxygens (including phenoxy) is 1. The van der Waals surface area contributed by atoms with Crippen molar-refractivity contribution in [3.05, 3.63) is 22.9 Å². The number of fused-ring (bicyclic) bond motifs is 1. The van der Waals surface area contributed by atoms with Crippen molar-refractivity contribution in [2.75, 3.05) is 6.61 Å². The maximum Gasteiger partial charge on any atom is 0.217 e. The molecule has 2 rings (SSSR count). The van der Waals surface area contributed by atoms with Crippen molar-refractivity contribution >= 4 is 0 Å². The molecule has 2 heteroatoms. The van der Waals surface area contributed by atoms with Crippen molar-refractivity contribution in [2.45, 2.75) is 26.7 Å². The van der Waals surface area contributed by atoms with E-state index in [4.69, 9.17) is 4.74 Å². The third-order valence-corrected chi connectivity index (χ3v) is 2.28. The topological polar surface area (TPSA) is 22.1 Å². The molecule has 0 aliphatic carbocycles. The van der Waals surface area contributed by atoms with Crippen LogP contribution in [0, 0.1) is 6.92 Å². The van der Waals surface area contributed by atoms with E-state index in [0.29, 0.717) is 0 Å². The molecule has 12 heavy (non-hydrogen) atoms. The predicted molar refractivity (Wildman–Crippen MR) is 47.6 cm³/mol. The van der Waals surface area contributed by atoms with E-state index in [0.717, 1.165) is 31.0 Å². The Morgan fingerprint density at radius 2 is 2.42 bits per heavy atom. The molecule has 0 amide bonds. The van der Waals surface area contributed by atoms with Crippen LogP contribution in [0.2, 0.25) is 0 Å². The van der Waals surface area contributed by atoms with Crippen LogP contribution in [0.1, 0.15) is 23.7 Å². The smallest absolute Gasteiger partial charge is 0.217 e. The number of hydrogen-bond acceptors (Lipinski definition) is 2. The molecule has 0 saturated carbocycles. The lowest BCUT2D eigenvalue weighted by atomic mass is 10.1. The highest BCUT2D eigenvalue weighted by Crippen LogP contribution is 2.26. The molecule has 0 radical (unpaired) electrons. The van der Waals surface area contributed by atoms with Gasteiger partial charge in [-0.15, -0.1) is 0 Å². The summed E-state index contributed by atoms with van der Waals surface area (Å²) in [6, 6.07) is 2.16. The molecular formula is C10H13NO. The highest BCUT2D eigenvalue weighted by Gasteiger charge is 2.16. The number of aryl methyl sites for hydroxylation is 2. The first-order valence-electron chi connectivity index (χ1n) is 4.43. The van der Waals surface area contributed by atoms with Crippen molar-refractivity contribution in [1.82, 2.24) is 4.98 Å². The highest BCUT2D eigenvalue weighted by molar-refractivity contribution is 5.39. The van der Waals surface area contributed by atoms with Gasteiger partial charge in [-0.3, -0.25) is 0 Å². The Morgan fingerprint density at radius 1 is 1.58 bits per heavy atom. The summed E-state index contributed by atoms with van der Waals surface area (Å²) in [6.07, 6.45) is 2.11. The number of hydrogen-bond donors (Lipinski definition) is 0. The number of nitrogens with zero attached hydrogens (tertiary/aromatic N) is 1. The summed E-state index contributed by atoms with van der Waals surface area (Å²) in [4.78, 5) is 4.34. The van der Waals surface area contributed by atoms with E-state index in [1.165, 1.54) is 11.1 Å². The molecule has 2 heterocycles. The zero-order chi connectivity index (χ0) is 8.55. The second kappa shape index (κ2) is 2.77. The zero-order valence-corrected chi connectivity index (χ0v) is 7.55. The molecule has 0 bridgehead atoms. The van der Waals surface area contributed by atoms with Crippen LogP contribution in [-0.2, 0) is 12.8 Å². The Balaban J connectivity index is 2.55. The van der Waals surface area contributed by atoms with E-state index in [9.17, 15) is 0 Å². The van der Waals surface area contributed by atoms with Crippen LogP contribution in [-0.4, -0.2) is 11.6 Å². The molecule has 1 aromatic heterocycles. The molecule has 64 valence electrons. The van der Waals surface area contributed by atoms with Gasteiger partial charge in [-0.2, -0.15) is 0 Å². The summed E-state index contributed by atoms with van der Waals surface area (Å²) in [5, 5.41) is 0. The van der Waals surface area contributed by atoms with Crippen molar-refractivity contribution in [2.24, 2.45) is 0 Å². The Bertz CT molecular complexity index is 307. The fourth-order valence-electron chi connectivity index (χ4n) is 1.69. The molecule has 0 atom stereocenters. The quantitative estimate of drug-likeness (QED) is 0.630. The van der Waals surface area contributed by atoms with Crippen molar-refractivity contribution in [3.63, 3.8) is 0 Å². The van der Waals surface area contributed by atoms with Gasteiger partial charge in [-0.25, -0.2) is 4.98 Å². The first-order valence-corrected chi connectivity index (χ1v) is 4.43. The molecule has 0 aromatic carbocycles. The maximum atomic E-state index is 5.41. The average molecular weight is 163 g/mol.